The van der Waals surface area contributed by atoms with Crippen molar-refractivity contribution in [3.8, 4) is 0 Å². The molecule has 13 aromatic rings. The first-order chi connectivity index (χ1) is 36.3. The van der Waals surface area contributed by atoms with Crippen LogP contribution in [0.15, 0.2) is 279 Å². The molecule has 0 saturated heterocycles. The van der Waals surface area contributed by atoms with E-state index in [0.717, 1.165) is 0 Å². The summed E-state index contributed by atoms with van der Waals surface area (Å²) in [5.41, 5.74) is 7.32. The van der Waals surface area contributed by atoms with E-state index in [1.807, 2.05) is 11.3 Å². The van der Waals surface area contributed by atoms with Crippen LogP contribution in [0.3, 0.4) is 0 Å². The third-order valence-corrected chi connectivity index (χ3v) is 26.8. The number of benzene rings is 12. The van der Waals surface area contributed by atoms with Crippen LogP contribution >= 0.6 is 11.3 Å². The van der Waals surface area contributed by atoms with E-state index in [2.05, 4.69) is 289 Å². The number of hydrogen-bond donors (Lipinski definition) is 0. The second-order valence-corrected chi connectivity index (χ2v) is 28.0. The van der Waals surface area contributed by atoms with Crippen molar-refractivity contribution >= 4 is 145 Å². The molecule has 1 aromatic heterocycles. The van der Waals surface area contributed by atoms with Gasteiger partial charge in [0.1, 0.15) is 0 Å². The molecule has 12 aromatic carbocycles. The van der Waals surface area contributed by atoms with Crippen molar-refractivity contribution in [3.63, 3.8) is 0 Å². The Balaban J connectivity index is 1.07. The number of fused-ring (bicyclic) bond motifs is 9. The molecule has 5 heteroatoms. The smallest absolute Gasteiger partial charge is 0.184 e. The highest BCUT2D eigenvalue weighted by Crippen LogP contribution is 2.53. The van der Waals surface area contributed by atoms with Gasteiger partial charge in [0.2, 0.25) is 0 Å². The Morgan fingerprint density at radius 1 is 0.233 bits per heavy atom. The normalized spacial score (nSPS) is 14.2. The van der Waals surface area contributed by atoms with E-state index in [9.17, 15) is 0 Å². The van der Waals surface area contributed by atoms with Crippen LogP contribution in [-0.2, 0) is 0 Å². The van der Waals surface area contributed by atoms with Gasteiger partial charge in [-0.25, -0.2) is 0 Å². The van der Waals surface area contributed by atoms with E-state index in [1.54, 1.807) is 0 Å². The Morgan fingerprint density at radius 2 is 0.548 bits per heavy atom. The van der Waals surface area contributed by atoms with Gasteiger partial charge in [-0.05, 0) is 71.8 Å². The molecule has 0 amide bonds. The Labute approximate surface area is 431 Å². The molecular weight excluding hydrogens is 933 g/mol. The van der Waals surface area contributed by atoms with Crippen molar-refractivity contribution < 1.29 is 0 Å². The summed E-state index contributed by atoms with van der Waals surface area (Å²) in [7, 11) is -5.85. The van der Waals surface area contributed by atoms with Crippen molar-refractivity contribution in [1.29, 1.82) is 0 Å². The maximum Gasteiger partial charge on any atom is 0.184 e. The summed E-state index contributed by atoms with van der Waals surface area (Å²) < 4.78 is 2.61. The van der Waals surface area contributed by atoms with Gasteiger partial charge in [-0.1, -0.05) is 249 Å². The van der Waals surface area contributed by atoms with Gasteiger partial charge in [-0.3, -0.25) is 0 Å². The number of para-hydroxylation sites is 3. The summed E-state index contributed by atoms with van der Waals surface area (Å²) >= 11 is 1.90. The molecule has 0 radical (unpaired) electrons. The minimum atomic E-state index is -2.99. The van der Waals surface area contributed by atoms with Crippen LogP contribution in [0.25, 0.3) is 41.7 Å². The fraction of sp³-hybridized carbons (Fsp3) is 0. The Bertz CT molecular complexity index is 4100. The van der Waals surface area contributed by atoms with E-state index in [0.29, 0.717) is 0 Å². The third kappa shape index (κ3) is 5.90. The average Bonchev–Trinajstić information content (AvgIpc) is 3.84. The van der Waals surface area contributed by atoms with Gasteiger partial charge < -0.3 is 9.80 Å². The number of rotatable bonds is 6. The predicted octanol–water partition coefficient (Wildman–Crippen LogP) is 12.7. The highest BCUT2D eigenvalue weighted by molar-refractivity contribution is 7.26. The molecule has 0 N–H and O–H groups in total. The SMILES string of the molecule is c1ccc([Si]2(c3ccccc3)c3ccccc3N(c3c4ccccc4c(N4c5ccccc5[Si](c5ccccc5)(c5ccccc5)c5cc6c(cc54)sc4ccccc46)c4ccccc34)c3ccccc32)cc1. The Morgan fingerprint density at radius 3 is 0.959 bits per heavy atom. The van der Waals surface area contributed by atoms with Crippen molar-refractivity contribution in [2.75, 3.05) is 9.80 Å². The second kappa shape index (κ2) is 16.5. The lowest BCUT2D eigenvalue weighted by molar-refractivity contribution is 1.30. The number of nitrogens with zero attached hydrogens (tertiary/aromatic N) is 2. The van der Waals surface area contributed by atoms with Crippen molar-refractivity contribution in [2.45, 2.75) is 0 Å². The van der Waals surface area contributed by atoms with Gasteiger partial charge >= 0.3 is 0 Å². The molecule has 0 unspecified atom stereocenters. The highest BCUT2D eigenvalue weighted by Gasteiger charge is 2.51. The highest BCUT2D eigenvalue weighted by atomic mass is 32.1. The van der Waals surface area contributed by atoms with Gasteiger partial charge in [0.05, 0.1) is 11.4 Å². The van der Waals surface area contributed by atoms with E-state index < -0.39 is 16.1 Å². The van der Waals surface area contributed by atoms with Crippen molar-refractivity contribution in [1.82, 2.24) is 0 Å². The fourth-order valence-electron chi connectivity index (χ4n) is 13.1. The van der Waals surface area contributed by atoms with Crippen LogP contribution < -0.4 is 51.3 Å². The summed E-state index contributed by atoms with van der Waals surface area (Å²) in [4.78, 5) is 5.29. The summed E-state index contributed by atoms with van der Waals surface area (Å²) in [6.07, 6.45) is 0. The summed E-state index contributed by atoms with van der Waals surface area (Å²) in [5, 5.41) is 18.5. The van der Waals surface area contributed by atoms with Crippen LogP contribution in [0, 0.1) is 0 Å². The zero-order valence-corrected chi connectivity index (χ0v) is 42.7. The number of anilines is 6. The third-order valence-electron chi connectivity index (χ3n) is 15.9. The standard InChI is InChI=1S/C68H46N2SSi2/c1-5-25-47(26-6-1)72(48-27-7-2-8-28-48)63-42-22-18-38-57(63)69(58-39-19-23-43-64(58)72)67-52-34-13-15-36-54(52)68(55-37-16-14-35-53(55)67)70-59-40-20-24-44-65(59)73(49-29-9-3-10-30-49,50-31-11-4-12-32-50)66-45-56-51-33-17-21-41-61(51)71-62(56)46-60(66)70/h1-46H. The van der Waals surface area contributed by atoms with Crippen LogP contribution in [0.4, 0.5) is 34.1 Å². The molecule has 342 valence electrons. The molecule has 0 saturated carbocycles. The Kier molecular flexibility index (Phi) is 9.51. The molecule has 0 bridgehead atoms. The summed E-state index contributed by atoms with van der Waals surface area (Å²) in [6, 6.07) is 106. The van der Waals surface area contributed by atoms with Gasteiger partial charge in [-0.2, -0.15) is 0 Å². The van der Waals surface area contributed by atoms with Crippen molar-refractivity contribution in [2.24, 2.45) is 0 Å². The zero-order valence-electron chi connectivity index (χ0n) is 39.9. The molecule has 15 rings (SSSR count). The molecule has 0 spiro atoms. The molecule has 0 aliphatic carbocycles. The molecule has 2 aliphatic rings. The topological polar surface area (TPSA) is 6.48 Å². The van der Waals surface area contributed by atoms with E-state index in [-0.39, 0.29) is 0 Å². The maximum absolute atomic E-state index is 2.99. The summed E-state index contributed by atoms with van der Waals surface area (Å²) in [6.45, 7) is 0. The first-order valence-electron chi connectivity index (χ1n) is 25.3. The minimum Gasteiger partial charge on any atom is -0.309 e. The zero-order chi connectivity index (χ0) is 48.1. The molecule has 3 heterocycles. The van der Waals surface area contributed by atoms with E-state index in [1.165, 1.54) is 117 Å². The fourth-order valence-corrected chi connectivity index (χ4v) is 24.5. The lowest BCUT2D eigenvalue weighted by Gasteiger charge is -2.46. The van der Waals surface area contributed by atoms with Crippen LogP contribution in [0.5, 0.6) is 0 Å². The Hall–Kier alpha value is -8.59. The van der Waals surface area contributed by atoms with Gasteiger partial charge in [-0.15, -0.1) is 11.3 Å². The maximum atomic E-state index is 2.67. The first-order valence-corrected chi connectivity index (χ1v) is 30.1. The molecule has 2 aliphatic heterocycles. The van der Waals surface area contributed by atoms with E-state index in [4.69, 9.17) is 0 Å². The first kappa shape index (κ1) is 42.1. The van der Waals surface area contributed by atoms with Crippen LogP contribution in [-0.4, -0.2) is 16.1 Å². The molecule has 73 heavy (non-hydrogen) atoms. The average molecular weight is 979 g/mol. The van der Waals surface area contributed by atoms with Gasteiger partial charge in [0.25, 0.3) is 0 Å². The van der Waals surface area contributed by atoms with Gasteiger partial charge in [0.15, 0.2) is 16.1 Å². The molecular formula is C68H46N2SSi2. The molecule has 2 nitrogen and oxygen atoms in total. The number of hydrogen-bond acceptors (Lipinski definition) is 3. The second-order valence-electron chi connectivity index (χ2n) is 19.4. The quantitative estimate of drug-likeness (QED) is 0.121. The predicted molar refractivity (Wildman–Crippen MR) is 318 cm³/mol. The minimum absolute atomic E-state index is 1.20. The van der Waals surface area contributed by atoms with Crippen LogP contribution in [0.1, 0.15) is 0 Å². The van der Waals surface area contributed by atoms with Gasteiger partial charge in [0, 0.05) is 64.5 Å². The lowest BCUT2D eigenvalue weighted by Crippen LogP contribution is -2.77. The lowest BCUT2D eigenvalue weighted by atomic mass is 9.95. The number of thiophene rings is 1. The molecule has 0 fully saturated rings. The van der Waals surface area contributed by atoms with E-state index >= 15 is 0 Å². The van der Waals surface area contributed by atoms with Crippen molar-refractivity contribution in [3.05, 3.63) is 279 Å². The summed E-state index contributed by atoms with van der Waals surface area (Å²) in [5.74, 6) is 0. The molecule has 0 atom stereocenters. The monoisotopic (exact) mass is 978 g/mol. The largest absolute Gasteiger partial charge is 0.309 e. The van der Waals surface area contributed by atoms with Crippen LogP contribution in [0.2, 0.25) is 0 Å².